The van der Waals surface area contributed by atoms with Crippen LogP contribution in [0.15, 0.2) is 42.9 Å². The van der Waals surface area contributed by atoms with Gasteiger partial charge >= 0.3 is 0 Å². The highest BCUT2D eigenvalue weighted by Gasteiger charge is 2.06. The molecule has 0 bridgehead atoms. The topological polar surface area (TPSA) is 42.7 Å². The molecule has 0 spiro atoms. The van der Waals surface area contributed by atoms with Crippen molar-refractivity contribution in [2.24, 2.45) is 7.05 Å². The van der Waals surface area contributed by atoms with Crippen LogP contribution in [0.2, 0.25) is 0 Å². The van der Waals surface area contributed by atoms with E-state index in [0.717, 1.165) is 16.9 Å². The molecule has 0 aliphatic heterocycles. The van der Waals surface area contributed by atoms with Crippen LogP contribution in [-0.4, -0.2) is 21.1 Å². The van der Waals surface area contributed by atoms with Gasteiger partial charge in [-0.1, -0.05) is 18.2 Å². The Hall–Kier alpha value is -2.43. The summed E-state index contributed by atoms with van der Waals surface area (Å²) in [5.41, 5.74) is 2.56. The van der Waals surface area contributed by atoms with Crippen LogP contribution < -0.4 is 5.32 Å². The second kappa shape index (κ2) is 5.28. The number of rotatable bonds is 4. The van der Waals surface area contributed by atoms with Gasteiger partial charge in [0.05, 0.1) is 11.8 Å². The minimum absolute atomic E-state index is 0.168. The Morgan fingerprint density at radius 3 is 2.90 bits per heavy atom. The molecule has 0 unspecified atom stereocenters. The van der Waals surface area contributed by atoms with Gasteiger partial charge in [0, 0.05) is 19.8 Å². The van der Waals surface area contributed by atoms with Crippen LogP contribution in [0.5, 0.6) is 0 Å². The average Bonchev–Trinajstić information content (AvgIpc) is 2.84. The maximum Gasteiger partial charge on any atom is 0.154 e. The fraction of sp³-hybridized carbons (Fsp3) is 0.200. The Bertz CT molecular complexity index is 736. The molecule has 2 aromatic heterocycles. The van der Waals surface area contributed by atoms with E-state index in [1.807, 2.05) is 23.7 Å². The molecule has 1 N–H and O–H groups in total. The van der Waals surface area contributed by atoms with E-state index in [2.05, 4.69) is 15.3 Å². The molecule has 0 aliphatic carbocycles. The van der Waals surface area contributed by atoms with E-state index in [-0.39, 0.29) is 5.82 Å². The summed E-state index contributed by atoms with van der Waals surface area (Å²) in [6.07, 6.45) is 4.11. The van der Waals surface area contributed by atoms with E-state index in [4.69, 9.17) is 0 Å². The Morgan fingerprint density at radius 1 is 1.20 bits per heavy atom. The summed E-state index contributed by atoms with van der Waals surface area (Å²) < 4.78 is 15.5. The van der Waals surface area contributed by atoms with Crippen LogP contribution in [-0.2, 0) is 13.5 Å². The predicted molar refractivity (Wildman–Crippen MR) is 77.1 cm³/mol. The maximum atomic E-state index is 13.5. The quantitative estimate of drug-likeness (QED) is 0.792. The van der Waals surface area contributed by atoms with E-state index in [1.54, 1.807) is 24.7 Å². The first-order valence-electron chi connectivity index (χ1n) is 6.49. The zero-order valence-electron chi connectivity index (χ0n) is 11.2. The summed E-state index contributed by atoms with van der Waals surface area (Å²) >= 11 is 0. The second-order valence-corrected chi connectivity index (χ2v) is 4.65. The van der Waals surface area contributed by atoms with Crippen molar-refractivity contribution in [1.29, 1.82) is 0 Å². The first kappa shape index (κ1) is 12.6. The van der Waals surface area contributed by atoms with Crippen molar-refractivity contribution in [3.8, 4) is 0 Å². The first-order chi connectivity index (χ1) is 9.75. The van der Waals surface area contributed by atoms with E-state index < -0.39 is 0 Å². The predicted octanol–water partition coefficient (Wildman–Crippen LogP) is 2.76. The van der Waals surface area contributed by atoms with Crippen LogP contribution in [0.25, 0.3) is 11.0 Å². The lowest BCUT2D eigenvalue weighted by Gasteiger charge is -2.07. The molecule has 0 radical (unpaired) electrons. The van der Waals surface area contributed by atoms with E-state index in [0.29, 0.717) is 18.5 Å². The van der Waals surface area contributed by atoms with Crippen molar-refractivity contribution in [3.05, 3.63) is 54.2 Å². The molecule has 0 saturated carbocycles. The summed E-state index contributed by atoms with van der Waals surface area (Å²) in [6.45, 7) is 0.615. The minimum Gasteiger partial charge on any atom is -0.368 e. The van der Waals surface area contributed by atoms with Gasteiger partial charge in [-0.05, 0) is 24.1 Å². The van der Waals surface area contributed by atoms with Gasteiger partial charge < -0.3 is 9.88 Å². The number of halogens is 1. The normalized spacial score (nSPS) is 10.9. The molecule has 3 rings (SSSR count). The molecule has 20 heavy (non-hydrogen) atoms. The van der Waals surface area contributed by atoms with E-state index >= 15 is 0 Å². The summed E-state index contributed by atoms with van der Waals surface area (Å²) in [5, 5.41) is 3.22. The lowest BCUT2D eigenvalue weighted by Crippen LogP contribution is -2.07. The van der Waals surface area contributed by atoms with Crippen molar-refractivity contribution in [3.63, 3.8) is 0 Å². The molecule has 1 aromatic carbocycles. The van der Waals surface area contributed by atoms with E-state index in [9.17, 15) is 4.39 Å². The molecule has 0 fully saturated rings. The van der Waals surface area contributed by atoms with Crippen LogP contribution in [0, 0.1) is 5.82 Å². The largest absolute Gasteiger partial charge is 0.368 e. The van der Waals surface area contributed by atoms with Crippen molar-refractivity contribution < 1.29 is 4.39 Å². The van der Waals surface area contributed by atoms with Gasteiger partial charge in [-0.15, -0.1) is 0 Å². The van der Waals surface area contributed by atoms with Crippen LogP contribution in [0.4, 0.5) is 10.2 Å². The molecule has 3 aromatic rings. The molecule has 0 aliphatic rings. The number of aromatic nitrogens is 3. The molecular weight excluding hydrogens is 255 g/mol. The number of imidazole rings is 1. The maximum absolute atomic E-state index is 13.5. The number of pyridine rings is 1. The Balaban J connectivity index is 1.73. The second-order valence-electron chi connectivity index (χ2n) is 4.65. The molecule has 102 valence electrons. The van der Waals surface area contributed by atoms with Gasteiger partial charge in [-0.2, -0.15) is 0 Å². The standard InChI is InChI=1S/C15H15FN4/c1-20-10-19-14-13(20)7-9-18-15(14)17-8-6-11-4-2-3-5-12(11)16/h2-5,7,9-10H,6,8H2,1H3,(H,17,18). The van der Waals surface area contributed by atoms with E-state index in [1.165, 1.54) is 6.07 Å². The number of hydrogen-bond acceptors (Lipinski definition) is 3. The van der Waals surface area contributed by atoms with Gasteiger partial charge in [-0.3, -0.25) is 0 Å². The number of benzene rings is 1. The van der Waals surface area contributed by atoms with Gasteiger partial charge in [0.1, 0.15) is 11.3 Å². The molecule has 0 saturated heterocycles. The Morgan fingerprint density at radius 2 is 2.05 bits per heavy atom. The Kier molecular flexibility index (Phi) is 3.33. The average molecular weight is 270 g/mol. The number of fused-ring (bicyclic) bond motifs is 1. The lowest BCUT2D eigenvalue weighted by atomic mass is 10.1. The summed E-state index contributed by atoms with van der Waals surface area (Å²) in [6, 6.07) is 8.74. The molecule has 0 amide bonds. The summed E-state index contributed by atoms with van der Waals surface area (Å²) in [5.74, 6) is 0.567. The first-order valence-corrected chi connectivity index (χ1v) is 6.49. The van der Waals surface area contributed by atoms with Crippen LogP contribution >= 0.6 is 0 Å². The zero-order valence-corrected chi connectivity index (χ0v) is 11.2. The van der Waals surface area contributed by atoms with Gasteiger partial charge in [-0.25, -0.2) is 14.4 Å². The van der Waals surface area contributed by atoms with Crippen LogP contribution in [0.1, 0.15) is 5.56 Å². The number of aryl methyl sites for hydroxylation is 1. The fourth-order valence-corrected chi connectivity index (χ4v) is 2.21. The monoisotopic (exact) mass is 270 g/mol. The summed E-state index contributed by atoms with van der Waals surface area (Å²) in [7, 11) is 1.94. The Labute approximate surface area is 116 Å². The fourth-order valence-electron chi connectivity index (χ4n) is 2.21. The minimum atomic E-state index is -0.168. The molecule has 2 heterocycles. The molecule has 0 atom stereocenters. The summed E-state index contributed by atoms with van der Waals surface area (Å²) in [4.78, 5) is 8.62. The molecule has 4 nitrogen and oxygen atoms in total. The lowest BCUT2D eigenvalue weighted by molar-refractivity contribution is 0.610. The molecule has 5 heteroatoms. The van der Waals surface area contributed by atoms with Crippen molar-refractivity contribution in [2.45, 2.75) is 6.42 Å². The van der Waals surface area contributed by atoms with Crippen molar-refractivity contribution in [1.82, 2.24) is 14.5 Å². The number of nitrogens with one attached hydrogen (secondary N) is 1. The zero-order chi connectivity index (χ0) is 13.9. The third-order valence-corrected chi connectivity index (χ3v) is 3.29. The number of nitrogens with zero attached hydrogens (tertiary/aromatic N) is 3. The van der Waals surface area contributed by atoms with Crippen molar-refractivity contribution >= 4 is 16.9 Å². The van der Waals surface area contributed by atoms with Gasteiger partial charge in [0.15, 0.2) is 5.82 Å². The third-order valence-electron chi connectivity index (χ3n) is 3.29. The highest BCUT2D eigenvalue weighted by atomic mass is 19.1. The number of anilines is 1. The van der Waals surface area contributed by atoms with Crippen molar-refractivity contribution in [2.75, 3.05) is 11.9 Å². The highest BCUT2D eigenvalue weighted by Crippen LogP contribution is 2.18. The smallest absolute Gasteiger partial charge is 0.154 e. The van der Waals surface area contributed by atoms with Gasteiger partial charge in [0.25, 0.3) is 0 Å². The highest BCUT2D eigenvalue weighted by molar-refractivity contribution is 5.85. The molecular formula is C15H15FN4. The third kappa shape index (κ3) is 2.34. The SMILES string of the molecule is Cn1cnc2c(NCCc3ccccc3F)nccc21. The number of hydrogen-bond donors (Lipinski definition) is 1. The van der Waals surface area contributed by atoms with Gasteiger partial charge in [0.2, 0.25) is 0 Å². The van der Waals surface area contributed by atoms with Crippen LogP contribution in [0.3, 0.4) is 0 Å².